The maximum absolute atomic E-state index is 13.8. The molecule has 0 unspecified atom stereocenters. The van der Waals surface area contributed by atoms with Crippen LogP contribution < -0.4 is 10.3 Å². The number of H-pyrrole nitrogens is 1. The van der Waals surface area contributed by atoms with Crippen molar-refractivity contribution >= 4 is 16.7 Å². The topological polar surface area (TPSA) is 85.4 Å². The van der Waals surface area contributed by atoms with Gasteiger partial charge in [0, 0.05) is 17.3 Å². The van der Waals surface area contributed by atoms with Gasteiger partial charge in [-0.05, 0) is 43.7 Å². The van der Waals surface area contributed by atoms with Gasteiger partial charge in [-0.25, -0.2) is 23.3 Å². The number of fused-ring (bicyclic) bond motifs is 2. The van der Waals surface area contributed by atoms with Crippen molar-refractivity contribution in [1.29, 1.82) is 0 Å². The van der Waals surface area contributed by atoms with Crippen molar-refractivity contribution < 1.29 is 17.9 Å². The Kier molecular flexibility index (Phi) is 4.14. The van der Waals surface area contributed by atoms with Crippen LogP contribution in [0.15, 0.2) is 45.6 Å². The highest BCUT2D eigenvalue weighted by atomic mass is 19.1. The van der Waals surface area contributed by atoms with Gasteiger partial charge in [0.1, 0.15) is 22.9 Å². The fourth-order valence-electron chi connectivity index (χ4n) is 3.78. The Morgan fingerprint density at radius 1 is 1.06 bits per heavy atom. The second-order valence-corrected chi connectivity index (χ2v) is 7.13. The molecule has 0 fully saturated rings. The molecule has 0 aliphatic rings. The molecule has 0 aliphatic heterocycles. The summed E-state index contributed by atoms with van der Waals surface area (Å²) >= 11 is 0. The van der Waals surface area contributed by atoms with Gasteiger partial charge in [0.2, 0.25) is 5.89 Å². The summed E-state index contributed by atoms with van der Waals surface area (Å²) in [5.74, 6) is -0.811. The Bertz CT molecular complexity index is 1530. The lowest BCUT2D eigenvalue weighted by Gasteiger charge is -2.04. The summed E-state index contributed by atoms with van der Waals surface area (Å²) in [4.78, 5) is 22.3. The first kappa shape index (κ1) is 19.0. The Morgan fingerprint density at radius 2 is 1.81 bits per heavy atom. The minimum absolute atomic E-state index is 0.106. The molecule has 0 bridgehead atoms. The van der Waals surface area contributed by atoms with Gasteiger partial charge in [-0.3, -0.25) is 9.89 Å². The Labute approximate surface area is 173 Å². The maximum atomic E-state index is 13.8. The fourth-order valence-corrected chi connectivity index (χ4v) is 3.78. The lowest BCUT2D eigenvalue weighted by atomic mass is 10.1. The van der Waals surface area contributed by atoms with Gasteiger partial charge < -0.3 is 9.15 Å². The first-order valence-corrected chi connectivity index (χ1v) is 9.39. The van der Waals surface area contributed by atoms with Crippen LogP contribution in [0.4, 0.5) is 8.78 Å². The zero-order valence-electron chi connectivity index (χ0n) is 16.8. The molecule has 7 nitrogen and oxygen atoms in total. The fraction of sp³-hybridized carbons (Fsp3) is 0.136. The van der Waals surface area contributed by atoms with Gasteiger partial charge in [0.15, 0.2) is 16.7 Å². The Balaban J connectivity index is 1.77. The van der Waals surface area contributed by atoms with Crippen molar-refractivity contribution in [2.75, 3.05) is 7.11 Å². The van der Waals surface area contributed by atoms with Gasteiger partial charge in [0.25, 0.3) is 5.56 Å². The monoisotopic (exact) mass is 422 g/mol. The van der Waals surface area contributed by atoms with Gasteiger partial charge in [0.05, 0.1) is 12.8 Å². The van der Waals surface area contributed by atoms with E-state index in [1.54, 1.807) is 32.0 Å². The summed E-state index contributed by atoms with van der Waals surface area (Å²) in [5, 5.41) is 2.93. The van der Waals surface area contributed by atoms with Crippen LogP contribution in [-0.4, -0.2) is 26.7 Å². The third-order valence-electron chi connectivity index (χ3n) is 5.11. The standard InChI is InChI=1S/C22H16F2N4O3/c1-10-18(21-26-19-15(30-3)5-4-6-16(19)31-21)22(29)28-20(25-10)17(11(2)27-28)12-7-13(23)9-14(24)8-12/h4-9,27H,1-3H3. The lowest BCUT2D eigenvalue weighted by molar-refractivity contribution is 0.419. The van der Waals surface area contributed by atoms with Gasteiger partial charge >= 0.3 is 0 Å². The normalized spacial score (nSPS) is 11.5. The maximum Gasteiger partial charge on any atom is 0.285 e. The number of ether oxygens (including phenoxy) is 1. The molecule has 31 heavy (non-hydrogen) atoms. The van der Waals surface area contributed by atoms with Gasteiger partial charge in [-0.1, -0.05) is 6.07 Å². The van der Waals surface area contributed by atoms with Crippen molar-refractivity contribution in [1.82, 2.24) is 19.6 Å². The molecule has 0 radical (unpaired) electrons. The number of nitrogens with zero attached hydrogens (tertiary/aromatic N) is 3. The minimum atomic E-state index is -0.718. The molecular weight excluding hydrogens is 406 g/mol. The number of aryl methyl sites for hydroxylation is 2. The number of benzene rings is 2. The number of hydrogen-bond acceptors (Lipinski definition) is 5. The highest BCUT2D eigenvalue weighted by molar-refractivity contribution is 5.83. The first-order chi connectivity index (χ1) is 14.9. The lowest BCUT2D eigenvalue weighted by Crippen LogP contribution is -2.19. The quantitative estimate of drug-likeness (QED) is 0.466. The molecular formula is C22H16F2N4O3. The summed E-state index contributed by atoms with van der Waals surface area (Å²) in [5.41, 5.74) is 2.55. The minimum Gasteiger partial charge on any atom is -0.494 e. The summed E-state index contributed by atoms with van der Waals surface area (Å²) in [6, 6.07) is 8.41. The van der Waals surface area contributed by atoms with E-state index in [0.29, 0.717) is 33.8 Å². The largest absolute Gasteiger partial charge is 0.494 e. The van der Waals surface area contributed by atoms with E-state index >= 15 is 0 Å². The summed E-state index contributed by atoms with van der Waals surface area (Å²) < 4.78 is 39.9. The molecule has 5 aromatic rings. The van der Waals surface area contributed by atoms with Crippen LogP contribution in [0.2, 0.25) is 0 Å². The molecule has 0 amide bonds. The van der Waals surface area contributed by atoms with E-state index in [2.05, 4.69) is 15.1 Å². The van der Waals surface area contributed by atoms with E-state index in [4.69, 9.17) is 9.15 Å². The van der Waals surface area contributed by atoms with Crippen LogP contribution in [0, 0.1) is 25.5 Å². The van der Waals surface area contributed by atoms with Crippen molar-refractivity contribution in [2.24, 2.45) is 0 Å². The number of rotatable bonds is 3. The predicted molar refractivity (Wildman–Crippen MR) is 110 cm³/mol. The molecule has 0 saturated carbocycles. The first-order valence-electron chi connectivity index (χ1n) is 9.39. The van der Waals surface area contributed by atoms with Crippen molar-refractivity contribution in [2.45, 2.75) is 13.8 Å². The predicted octanol–water partition coefficient (Wildman–Crippen LogP) is 4.40. The summed E-state index contributed by atoms with van der Waals surface area (Å²) in [6.45, 7) is 3.35. The molecule has 0 aliphatic carbocycles. The SMILES string of the molecule is COc1cccc2oc(-c3c(C)nc4c(-c5cc(F)cc(F)c5)c(C)[nH]n4c3=O)nc12. The van der Waals surface area contributed by atoms with Gasteiger partial charge in [-0.2, -0.15) is 0 Å². The molecule has 156 valence electrons. The van der Waals surface area contributed by atoms with Crippen LogP contribution in [0.3, 0.4) is 0 Å². The highest BCUT2D eigenvalue weighted by Crippen LogP contribution is 2.32. The number of aromatic nitrogens is 4. The van der Waals surface area contributed by atoms with E-state index in [-0.39, 0.29) is 22.7 Å². The van der Waals surface area contributed by atoms with Crippen molar-refractivity contribution in [3.8, 4) is 28.3 Å². The third kappa shape index (κ3) is 2.89. The smallest absolute Gasteiger partial charge is 0.285 e. The van der Waals surface area contributed by atoms with Crippen LogP contribution in [-0.2, 0) is 0 Å². The number of nitrogens with one attached hydrogen (secondary N) is 1. The van der Waals surface area contributed by atoms with E-state index in [1.807, 2.05) is 0 Å². The molecule has 1 N–H and O–H groups in total. The second kappa shape index (κ2) is 6.76. The Morgan fingerprint density at radius 3 is 2.52 bits per heavy atom. The zero-order valence-corrected chi connectivity index (χ0v) is 16.8. The van der Waals surface area contributed by atoms with E-state index in [9.17, 15) is 13.6 Å². The molecule has 0 saturated heterocycles. The Hall–Kier alpha value is -4.01. The summed E-state index contributed by atoms with van der Waals surface area (Å²) in [6.07, 6.45) is 0. The molecule has 2 aromatic carbocycles. The van der Waals surface area contributed by atoms with Gasteiger partial charge in [-0.15, -0.1) is 0 Å². The number of methoxy groups -OCH3 is 1. The number of hydrogen-bond donors (Lipinski definition) is 1. The van der Waals surface area contributed by atoms with Crippen LogP contribution >= 0.6 is 0 Å². The second-order valence-electron chi connectivity index (χ2n) is 7.13. The summed E-state index contributed by atoms with van der Waals surface area (Å²) in [7, 11) is 1.52. The number of oxazole rings is 1. The molecule has 0 atom stereocenters. The van der Waals surface area contributed by atoms with Crippen molar-refractivity contribution in [3.05, 3.63) is 69.8 Å². The number of para-hydroxylation sites is 1. The van der Waals surface area contributed by atoms with Crippen molar-refractivity contribution in [3.63, 3.8) is 0 Å². The highest BCUT2D eigenvalue weighted by Gasteiger charge is 2.23. The molecule has 9 heteroatoms. The molecule has 3 aromatic heterocycles. The van der Waals surface area contributed by atoms with Crippen LogP contribution in [0.1, 0.15) is 11.4 Å². The average Bonchev–Trinajstić information content (AvgIpc) is 3.27. The van der Waals surface area contributed by atoms with E-state index in [1.165, 1.54) is 23.8 Å². The van der Waals surface area contributed by atoms with E-state index < -0.39 is 17.2 Å². The number of halogens is 2. The van der Waals surface area contributed by atoms with Crippen LogP contribution in [0.25, 0.3) is 39.3 Å². The van der Waals surface area contributed by atoms with Crippen LogP contribution in [0.5, 0.6) is 5.75 Å². The number of aromatic amines is 1. The van der Waals surface area contributed by atoms with E-state index in [0.717, 1.165) is 6.07 Å². The third-order valence-corrected chi connectivity index (χ3v) is 5.11. The average molecular weight is 422 g/mol. The molecule has 3 heterocycles. The zero-order chi connectivity index (χ0) is 21.9. The molecule has 5 rings (SSSR count). The molecule has 0 spiro atoms.